The molecule has 4 saturated heterocycles. The zero-order chi connectivity index (χ0) is 61.2. The van der Waals surface area contributed by atoms with E-state index in [9.17, 15) is 45.5 Å². The highest BCUT2D eigenvalue weighted by Crippen LogP contribution is 2.60. The van der Waals surface area contributed by atoms with Gasteiger partial charge in [-0.3, -0.25) is 15.2 Å². The van der Waals surface area contributed by atoms with E-state index in [0.717, 1.165) is 5.57 Å². The van der Waals surface area contributed by atoms with Crippen molar-refractivity contribution in [3.05, 3.63) is 58.4 Å². The summed E-state index contributed by atoms with van der Waals surface area (Å²) in [6.07, 6.45) is -0.675. The number of alkyl carbamates (subject to hydrolysis) is 1. The molecule has 6 fully saturated rings. The van der Waals surface area contributed by atoms with E-state index in [1.807, 2.05) is 58.9 Å². The molecule has 0 radical (unpaired) electrons. The van der Waals surface area contributed by atoms with Gasteiger partial charge < -0.3 is 78.2 Å². The third kappa shape index (κ3) is 12.3. The van der Waals surface area contributed by atoms with E-state index in [1.165, 1.54) is 14.2 Å². The first-order valence-electron chi connectivity index (χ1n) is 30.4. The molecule has 22 heteroatoms. The molecule has 0 spiro atoms. The van der Waals surface area contributed by atoms with Gasteiger partial charge in [-0.05, 0) is 95.6 Å². The van der Waals surface area contributed by atoms with E-state index < -0.39 is 168 Å². The Balaban J connectivity index is 1.01. The Morgan fingerprint density at radius 2 is 1.42 bits per heavy atom. The number of nitrogens with one attached hydrogen (secondary N) is 1. The van der Waals surface area contributed by atoms with Crippen molar-refractivity contribution >= 4 is 17.8 Å². The summed E-state index contributed by atoms with van der Waals surface area (Å²) < 4.78 is 62.3. The summed E-state index contributed by atoms with van der Waals surface area (Å²) in [4.78, 5) is 42.6. The second-order valence-corrected chi connectivity index (χ2v) is 26.4. The number of nitrogens with zero attached hydrogens (tertiary/aromatic N) is 1. The zero-order valence-electron chi connectivity index (χ0n) is 50.9. The molecule has 2 bridgehead atoms. The van der Waals surface area contributed by atoms with E-state index in [1.54, 1.807) is 27.7 Å². The molecule has 22 nitrogen and oxygen atoms in total. The lowest BCUT2D eigenvalue weighted by atomic mass is 9.49. The van der Waals surface area contributed by atoms with Gasteiger partial charge in [0.25, 0.3) is 0 Å². The van der Waals surface area contributed by atoms with Crippen molar-refractivity contribution in [2.45, 2.75) is 231 Å². The molecule has 2 saturated carbocycles. The van der Waals surface area contributed by atoms with E-state index in [2.05, 4.69) is 25.2 Å². The van der Waals surface area contributed by atoms with Crippen LogP contribution in [0.2, 0.25) is 0 Å². The van der Waals surface area contributed by atoms with Crippen LogP contribution in [0.3, 0.4) is 0 Å². The third-order valence-electron chi connectivity index (χ3n) is 20.8. The third-order valence-corrected chi connectivity index (χ3v) is 20.8. The number of aliphatic hydroxyl groups excluding tert-OH is 5. The maximum absolute atomic E-state index is 15.5. The number of aliphatic hydroxyl groups is 5. The Kier molecular flexibility index (Phi) is 19.9. The van der Waals surface area contributed by atoms with Crippen molar-refractivity contribution < 1.29 is 97.7 Å². The topological polar surface area (TPSA) is 300 Å². The lowest BCUT2D eigenvalue weighted by molar-refractivity contribution is -0.390. The van der Waals surface area contributed by atoms with Gasteiger partial charge in [-0.25, -0.2) is 9.59 Å². The average Bonchev–Trinajstić information content (AvgIpc) is 0.841. The second kappa shape index (κ2) is 25.8. The van der Waals surface area contributed by atoms with Crippen molar-refractivity contribution in [1.29, 1.82) is 0 Å². The molecule has 0 aromatic heterocycles. The number of carbonyl (C=O) groups is 3. The molecule has 9 rings (SSSR count). The molecular formula is C62H94N2O20. The molecule has 28 atom stereocenters. The average molecular weight is 1190 g/mol. The highest BCUT2D eigenvalue weighted by atomic mass is 16.8. The summed E-state index contributed by atoms with van der Waals surface area (Å²) in [6, 6.07) is -0.943. The van der Waals surface area contributed by atoms with Gasteiger partial charge in [-0.15, -0.1) is 0 Å². The maximum atomic E-state index is 15.5. The smallest absolute Gasteiger partial charge is 0.407 e. The van der Waals surface area contributed by atoms with Crippen LogP contribution in [-0.4, -0.2) is 190 Å². The van der Waals surface area contributed by atoms with Crippen molar-refractivity contribution in [3.63, 3.8) is 0 Å². The lowest BCUT2D eigenvalue weighted by Crippen LogP contribution is -2.68. The predicted octanol–water partition coefficient (Wildman–Crippen LogP) is 5.90. The first-order valence-corrected chi connectivity index (χ1v) is 30.4. The number of hydrogen-bond donors (Lipinski definition) is 8. The van der Waals surface area contributed by atoms with E-state index >= 15 is 4.79 Å². The molecule has 28 unspecified atom stereocenters. The lowest BCUT2D eigenvalue weighted by Gasteiger charge is -2.57. The zero-order valence-corrected chi connectivity index (χ0v) is 50.9. The van der Waals surface area contributed by atoms with Gasteiger partial charge in [-0.2, -0.15) is 0 Å². The summed E-state index contributed by atoms with van der Waals surface area (Å²) >= 11 is 0. The number of carbonyl (C=O) groups excluding carboxylic acids is 3. The van der Waals surface area contributed by atoms with E-state index in [0.29, 0.717) is 24.0 Å². The minimum absolute atomic E-state index is 0.0471. The Morgan fingerprint density at radius 3 is 2.07 bits per heavy atom. The Labute approximate surface area is 493 Å². The number of ketones is 1. The van der Waals surface area contributed by atoms with Crippen LogP contribution in [0.1, 0.15) is 121 Å². The predicted molar refractivity (Wildman–Crippen MR) is 299 cm³/mol. The van der Waals surface area contributed by atoms with E-state index in [4.69, 9.17) is 47.4 Å². The summed E-state index contributed by atoms with van der Waals surface area (Å²) in [7, 11) is 2.73. The van der Waals surface area contributed by atoms with Crippen LogP contribution in [-0.2, 0) is 57.0 Å². The first kappa shape index (κ1) is 64.8. The molecule has 84 heavy (non-hydrogen) atoms. The number of rotatable bonds is 12. The standard InChI is InChI=1S/C62H94N2O20/c1-27-14-17-43(81-47-25-61(10,64(73)74)57(35(9)79-47)63-60(72)76-13)28(2)19-36-21-37(26-65)32(6)55-48(36)52(69)49(59(71)84-55)58(70)62(11)40(27)16-15-39-50(62)29(3)18-30(4)53(39)82-46-24-44(51(68)33(7)77-46)80-38-20-31(5)54(41(66)22-38)83-45-23-42(67)56(75-12)34(8)78-45/h14-16,19,21,29-36,38-48,50-51,53-57,65-68,70,73-74H,17-18,20,22-26H2,1-13H3,(H,63,72). The number of fused-ring (bicyclic) bond motifs is 4. The van der Waals surface area contributed by atoms with Gasteiger partial charge in [0.15, 0.2) is 24.7 Å². The van der Waals surface area contributed by atoms with Crippen LogP contribution in [0, 0.1) is 58.7 Å². The molecule has 4 aliphatic heterocycles. The van der Waals surface area contributed by atoms with E-state index in [-0.39, 0.29) is 73.4 Å². The van der Waals surface area contributed by atoms with Crippen LogP contribution < -0.4 is 5.32 Å². The normalized spacial score (nSPS) is 47.4. The van der Waals surface area contributed by atoms with Crippen LogP contribution in [0.25, 0.3) is 0 Å². The molecular weight excluding hydrogens is 1090 g/mol. The number of allylic oxidation sites excluding steroid dienone is 5. The quantitative estimate of drug-likeness (QED) is 0.0488. The number of Topliss-reactive ketones (excluding diaryl/α,β-unsaturated/α-hetero) is 1. The number of amides is 1. The molecule has 0 aromatic carbocycles. The fourth-order valence-corrected chi connectivity index (χ4v) is 16.4. The second-order valence-electron chi connectivity index (χ2n) is 26.4. The van der Waals surface area contributed by atoms with Crippen molar-refractivity contribution in [2.24, 2.45) is 58.7 Å². The summed E-state index contributed by atoms with van der Waals surface area (Å²) in [5.41, 5.74) is -1.18. The number of hydroxylamine groups is 2. The summed E-state index contributed by atoms with van der Waals surface area (Å²) in [5, 5.41) is 81.8. The Morgan fingerprint density at radius 1 is 0.762 bits per heavy atom. The minimum atomic E-state index is -1.52. The molecule has 1 amide bonds. The first-order chi connectivity index (χ1) is 39.6. The van der Waals surface area contributed by atoms with Crippen molar-refractivity contribution in [2.75, 3.05) is 20.8 Å². The van der Waals surface area contributed by atoms with Crippen LogP contribution >= 0.6 is 0 Å². The van der Waals surface area contributed by atoms with Crippen molar-refractivity contribution in [1.82, 2.24) is 10.5 Å². The monoisotopic (exact) mass is 1190 g/mol. The highest BCUT2D eigenvalue weighted by molar-refractivity contribution is 6.20. The summed E-state index contributed by atoms with van der Waals surface area (Å²) in [6.45, 7) is 20.2. The van der Waals surface area contributed by atoms with Gasteiger partial charge in [-0.1, -0.05) is 75.8 Å². The van der Waals surface area contributed by atoms with Crippen LogP contribution in [0.4, 0.5) is 4.79 Å². The summed E-state index contributed by atoms with van der Waals surface area (Å²) in [5.74, 6) is -5.85. The van der Waals surface area contributed by atoms with Gasteiger partial charge >= 0.3 is 12.1 Å². The Hall–Kier alpha value is -3.69. The van der Waals surface area contributed by atoms with Crippen molar-refractivity contribution in [3.8, 4) is 0 Å². The molecule has 9 aliphatic rings. The number of esters is 1. The molecule has 472 valence electrons. The Bertz CT molecular complexity index is 2530. The fraction of sp³-hybridized carbons (Fsp3) is 0.790. The number of hydrogen-bond acceptors (Lipinski definition) is 21. The SMILES string of the molecule is COC(=O)NC1C(C)OC(OC2CC=C(C)C3C=CC4C(OC5CC(OC6CC(C)C(OC7CC(O)C(OC)C(C)O7)C(O)C6)C(O)C(C)O5)C(C)CC(C)C4C3(C)C(O)=C3C(=O)OC4C(C)C(CO)=CC(C=C2C)C4C3=O)CC1(C)N(O)O. The largest absolute Gasteiger partial charge is 0.511 e. The van der Waals surface area contributed by atoms with Gasteiger partial charge in [0, 0.05) is 61.9 Å². The number of methoxy groups -OCH3 is 2. The fourth-order valence-electron chi connectivity index (χ4n) is 16.4. The molecule has 8 N–H and O–H groups in total. The van der Waals surface area contributed by atoms with Gasteiger partial charge in [0.05, 0.1) is 92.3 Å². The van der Waals surface area contributed by atoms with Crippen LogP contribution in [0.5, 0.6) is 0 Å². The van der Waals surface area contributed by atoms with Crippen LogP contribution in [0.15, 0.2) is 58.4 Å². The van der Waals surface area contributed by atoms with Gasteiger partial charge in [0.2, 0.25) is 0 Å². The molecule has 0 aromatic rings. The number of ether oxygens (including phenoxy) is 10. The minimum Gasteiger partial charge on any atom is -0.511 e. The molecule has 5 aliphatic carbocycles. The van der Waals surface area contributed by atoms with Gasteiger partial charge in [0.1, 0.15) is 29.6 Å². The maximum Gasteiger partial charge on any atom is 0.407 e. The molecule has 4 heterocycles. The highest BCUT2D eigenvalue weighted by Gasteiger charge is 2.61.